The Hall–Kier alpha value is -6.10. The van der Waals surface area contributed by atoms with Gasteiger partial charge in [0, 0.05) is 97.5 Å². The molecule has 6 aromatic rings. The molecule has 296 valence electrons. The van der Waals surface area contributed by atoms with E-state index in [9.17, 15) is 10.1 Å². The number of aromatic nitrogens is 3. The Morgan fingerprint density at radius 3 is 2.48 bits per heavy atom. The van der Waals surface area contributed by atoms with E-state index in [4.69, 9.17) is 37.4 Å². The highest BCUT2D eigenvalue weighted by Crippen LogP contribution is 2.41. The number of carbonyl (C=O) groups is 1. The number of halogens is 2. The van der Waals surface area contributed by atoms with E-state index >= 15 is 0 Å². The lowest BCUT2D eigenvalue weighted by molar-refractivity contribution is -0.110. The molecule has 0 bridgehead atoms. The minimum absolute atomic E-state index is 0.0760. The summed E-state index contributed by atoms with van der Waals surface area (Å²) in [5, 5.41) is 17.4. The summed E-state index contributed by atoms with van der Waals surface area (Å²) in [6.07, 6.45) is 9.71. The van der Waals surface area contributed by atoms with Gasteiger partial charge in [0.2, 0.25) is 0 Å². The molecule has 0 aliphatic carbocycles. The highest BCUT2D eigenvalue weighted by molar-refractivity contribution is 6.37. The van der Waals surface area contributed by atoms with Gasteiger partial charge < -0.3 is 39.6 Å². The average molecular weight is 818 g/mol. The third-order valence-electron chi connectivity index (χ3n) is 9.97. The molecule has 1 fully saturated rings. The second-order valence-electron chi connectivity index (χ2n) is 13.8. The lowest BCUT2D eigenvalue weighted by Gasteiger charge is -2.32. The number of hydrogen-bond acceptors (Lipinski definition) is 10. The van der Waals surface area contributed by atoms with Crippen molar-refractivity contribution in [3.63, 3.8) is 0 Å². The van der Waals surface area contributed by atoms with Crippen LogP contribution in [0.15, 0.2) is 91.5 Å². The van der Waals surface area contributed by atoms with Gasteiger partial charge in [-0.15, -0.1) is 0 Å². The van der Waals surface area contributed by atoms with Crippen LogP contribution >= 0.6 is 23.2 Å². The molecule has 0 saturated carbocycles. The number of H-pyrrole nitrogens is 1. The first-order valence-electron chi connectivity index (χ1n) is 18.7. The number of aromatic amines is 1. The number of nitriles is 1. The lowest BCUT2D eigenvalue weighted by Crippen LogP contribution is -2.44. The number of methoxy groups -OCH3 is 2. The number of amides is 1. The topological polar surface area (TPSA) is 141 Å². The Morgan fingerprint density at radius 1 is 0.931 bits per heavy atom. The van der Waals surface area contributed by atoms with E-state index in [-0.39, 0.29) is 5.91 Å². The van der Waals surface area contributed by atoms with Crippen LogP contribution in [0.5, 0.6) is 17.2 Å². The van der Waals surface area contributed by atoms with Gasteiger partial charge >= 0.3 is 0 Å². The van der Waals surface area contributed by atoms with Gasteiger partial charge in [-0.25, -0.2) is 0 Å². The number of nitrogens with one attached hydrogen (secondary N) is 3. The molecule has 1 saturated heterocycles. The van der Waals surface area contributed by atoms with Crippen LogP contribution in [0.3, 0.4) is 0 Å². The molecule has 58 heavy (non-hydrogen) atoms. The van der Waals surface area contributed by atoms with Crippen molar-refractivity contribution in [2.24, 2.45) is 0 Å². The molecule has 12 nitrogen and oxygen atoms in total. The molecule has 3 N–H and O–H groups in total. The van der Waals surface area contributed by atoms with E-state index in [0.717, 1.165) is 67.2 Å². The highest BCUT2D eigenvalue weighted by Gasteiger charge is 2.25. The maximum atomic E-state index is 12.2. The van der Waals surface area contributed by atoms with Crippen molar-refractivity contribution in [1.82, 2.24) is 24.8 Å². The van der Waals surface area contributed by atoms with Crippen LogP contribution in [0.2, 0.25) is 10.0 Å². The summed E-state index contributed by atoms with van der Waals surface area (Å²) in [4.78, 5) is 28.7. The van der Waals surface area contributed by atoms with Crippen molar-refractivity contribution in [2.45, 2.75) is 6.42 Å². The van der Waals surface area contributed by atoms with Crippen LogP contribution in [-0.4, -0.2) is 91.3 Å². The van der Waals surface area contributed by atoms with E-state index in [1.54, 1.807) is 25.4 Å². The van der Waals surface area contributed by atoms with Gasteiger partial charge in [-0.1, -0.05) is 35.3 Å². The first-order chi connectivity index (χ1) is 28.2. The Kier molecular flexibility index (Phi) is 12.8. The SMILES string of the molecule is COc1cc(Nc2c(C#N)cnc3cc(OCCCN4CCN(C)CC4)c(OC)cc23)c(Cl)cc1Cl.O=C1Nc2ccc(-c3cccnc3)cc2C1=Cc1ccc[nH]1. The average Bonchev–Trinajstić information content (AvgIpc) is 3.88. The zero-order chi connectivity index (χ0) is 40.6. The number of benzene rings is 3. The molecular weight excluding hydrogens is 775 g/mol. The van der Waals surface area contributed by atoms with Crippen molar-refractivity contribution in [3.8, 4) is 34.4 Å². The van der Waals surface area contributed by atoms with Gasteiger partial charge in [-0.3, -0.25) is 14.8 Å². The van der Waals surface area contributed by atoms with Gasteiger partial charge in [-0.05, 0) is 67.6 Å². The number of ether oxygens (including phenoxy) is 3. The summed E-state index contributed by atoms with van der Waals surface area (Å²) in [6, 6.07) is 22.8. The number of rotatable bonds is 11. The standard InChI is InChI=1S/C26H29Cl2N5O3.C18H13N3O/c1-32-6-8-33(9-7-32)5-4-10-36-25-13-21-18(11-24(25)35-3)26(17(15-29)16-30-21)31-22-14-23(34-2)20(28)12-19(22)27;22-18-16(10-14-4-2-8-20-14)15-9-12(5-6-17(15)21-18)13-3-1-7-19-11-13/h11-14,16H,4-10H2,1-3H3,(H,30,31);1-11,20H,(H,21,22). The third-order valence-corrected chi connectivity index (χ3v) is 10.6. The summed E-state index contributed by atoms with van der Waals surface area (Å²) < 4.78 is 17.0. The summed E-state index contributed by atoms with van der Waals surface area (Å²) in [5.41, 5.74) is 7.52. The van der Waals surface area contributed by atoms with E-state index in [1.165, 1.54) is 13.3 Å². The number of carbonyl (C=O) groups excluding carboxylic acids is 1. The molecule has 2 aliphatic heterocycles. The number of fused-ring (bicyclic) bond motifs is 2. The first kappa shape index (κ1) is 40.1. The second-order valence-corrected chi connectivity index (χ2v) is 14.6. The molecule has 0 unspecified atom stereocenters. The lowest BCUT2D eigenvalue weighted by atomic mass is 10.00. The minimum Gasteiger partial charge on any atom is -0.495 e. The molecule has 0 spiro atoms. The Balaban J connectivity index is 0.000000197. The summed E-state index contributed by atoms with van der Waals surface area (Å²) in [7, 11) is 5.27. The van der Waals surface area contributed by atoms with Crippen LogP contribution in [-0.2, 0) is 4.79 Å². The molecule has 14 heteroatoms. The van der Waals surface area contributed by atoms with Crippen LogP contribution in [0, 0.1) is 11.3 Å². The minimum atomic E-state index is -0.0760. The van der Waals surface area contributed by atoms with E-state index in [1.807, 2.05) is 73.1 Å². The fraction of sp³-hybridized carbons (Fsp3) is 0.227. The van der Waals surface area contributed by atoms with Gasteiger partial charge in [0.05, 0.1) is 58.9 Å². The second kappa shape index (κ2) is 18.4. The van der Waals surface area contributed by atoms with Crippen molar-refractivity contribution in [1.29, 1.82) is 5.26 Å². The smallest absolute Gasteiger partial charge is 0.256 e. The molecule has 0 atom stereocenters. The van der Waals surface area contributed by atoms with Crippen LogP contribution < -0.4 is 24.8 Å². The molecule has 2 aliphatic rings. The largest absolute Gasteiger partial charge is 0.495 e. The normalized spacial score (nSPS) is 14.6. The highest BCUT2D eigenvalue weighted by atomic mass is 35.5. The van der Waals surface area contributed by atoms with Gasteiger partial charge in [0.25, 0.3) is 5.91 Å². The van der Waals surface area contributed by atoms with Crippen LogP contribution in [0.4, 0.5) is 17.1 Å². The van der Waals surface area contributed by atoms with E-state index < -0.39 is 0 Å². The van der Waals surface area contributed by atoms with Crippen molar-refractivity contribution >= 4 is 68.7 Å². The van der Waals surface area contributed by atoms with Crippen LogP contribution in [0.1, 0.15) is 23.2 Å². The Bertz CT molecular complexity index is 2480. The summed E-state index contributed by atoms with van der Waals surface area (Å²) in [5.74, 6) is 1.55. The Labute approximate surface area is 347 Å². The van der Waals surface area contributed by atoms with Gasteiger partial charge in [0.1, 0.15) is 11.8 Å². The molecule has 1 amide bonds. The summed E-state index contributed by atoms with van der Waals surface area (Å²) in [6.45, 7) is 5.92. The summed E-state index contributed by atoms with van der Waals surface area (Å²) >= 11 is 12.6. The molecule has 3 aromatic carbocycles. The van der Waals surface area contributed by atoms with E-state index in [0.29, 0.717) is 67.3 Å². The predicted molar refractivity (Wildman–Crippen MR) is 230 cm³/mol. The zero-order valence-corrected chi connectivity index (χ0v) is 33.8. The quantitative estimate of drug-likeness (QED) is 0.0859. The van der Waals surface area contributed by atoms with Crippen LogP contribution in [0.25, 0.3) is 33.7 Å². The number of piperazine rings is 1. The first-order valence-corrected chi connectivity index (χ1v) is 19.5. The number of likely N-dealkylation sites (N-methyl/N-ethyl adjacent to an activating group) is 1. The fourth-order valence-corrected chi connectivity index (χ4v) is 7.29. The van der Waals surface area contributed by atoms with E-state index in [2.05, 4.69) is 48.5 Å². The van der Waals surface area contributed by atoms with Gasteiger partial charge in [0.15, 0.2) is 11.5 Å². The fourth-order valence-electron chi connectivity index (χ4n) is 6.78. The van der Waals surface area contributed by atoms with Crippen molar-refractivity contribution in [3.05, 3.63) is 118 Å². The monoisotopic (exact) mass is 816 g/mol. The number of anilines is 3. The maximum Gasteiger partial charge on any atom is 0.256 e. The molecule has 0 radical (unpaired) electrons. The van der Waals surface area contributed by atoms with Gasteiger partial charge in [-0.2, -0.15) is 5.26 Å². The predicted octanol–water partition coefficient (Wildman–Crippen LogP) is 8.76. The van der Waals surface area contributed by atoms with Crippen molar-refractivity contribution < 1.29 is 19.0 Å². The molecular formula is C44H42Cl2N8O4. The number of hydrogen-bond donors (Lipinski definition) is 3. The third kappa shape index (κ3) is 9.20. The van der Waals surface area contributed by atoms with Crippen molar-refractivity contribution in [2.75, 3.05) is 71.2 Å². The molecule has 5 heterocycles. The number of nitrogens with zero attached hydrogens (tertiary/aromatic N) is 5. The molecule has 8 rings (SSSR count). The zero-order valence-electron chi connectivity index (χ0n) is 32.3. The Morgan fingerprint density at radius 2 is 1.76 bits per heavy atom. The molecule has 3 aromatic heterocycles. The maximum absolute atomic E-state index is 12.2. The number of pyridine rings is 2.